The summed E-state index contributed by atoms with van der Waals surface area (Å²) in [6.07, 6.45) is 0. The number of ether oxygens (including phenoxy) is 2. The van der Waals surface area contributed by atoms with Gasteiger partial charge < -0.3 is 19.5 Å². The van der Waals surface area contributed by atoms with E-state index in [2.05, 4.69) is 0 Å². The lowest BCUT2D eigenvalue weighted by Gasteiger charge is -2.41. The maximum Gasteiger partial charge on any atom is 0.313 e. The molecule has 0 bridgehead atoms. The van der Waals surface area contributed by atoms with E-state index in [1.807, 2.05) is 36.4 Å². The van der Waals surface area contributed by atoms with E-state index < -0.39 is 17.9 Å². The molecular formula is C25H23NO5. The average molecular weight is 417 g/mol. The van der Waals surface area contributed by atoms with Gasteiger partial charge in [0.15, 0.2) is 0 Å². The van der Waals surface area contributed by atoms with E-state index in [4.69, 9.17) is 9.47 Å². The van der Waals surface area contributed by atoms with E-state index in [1.54, 1.807) is 55.5 Å². The van der Waals surface area contributed by atoms with Gasteiger partial charge in [-0.1, -0.05) is 48.5 Å². The molecule has 4 rings (SSSR count). The van der Waals surface area contributed by atoms with Gasteiger partial charge in [-0.3, -0.25) is 9.59 Å². The molecule has 1 aliphatic rings. The van der Waals surface area contributed by atoms with Gasteiger partial charge in [-0.05, 0) is 35.4 Å². The van der Waals surface area contributed by atoms with Crippen LogP contribution in [0.25, 0.3) is 0 Å². The lowest BCUT2D eigenvalue weighted by atomic mass is 9.79. The summed E-state index contributed by atoms with van der Waals surface area (Å²) in [5.74, 6) is -0.786. The number of nitrogens with zero attached hydrogens (tertiary/aromatic N) is 1. The molecule has 2 atom stereocenters. The standard InChI is InChI=1S/C25H23NO5/c1-30-18-13-11-16(12-14-18)23-22(25(28)29)19-8-4-5-9-20(19)24(27)26(23)15-17-7-3-6-10-21(17)31-2/h3-14,22-23H,15H2,1-2H3,(H,28,29). The summed E-state index contributed by atoms with van der Waals surface area (Å²) in [5, 5.41) is 10.2. The Morgan fingerprint density at radius 1 is 0.935 bits per heavy atom. The van der Waals surface area contributed by atoms with Crippen molar-refractivity contribution in [3.63, 3.8) is 0 Å². The zero-order valence-corrected chi connectivity index (χ0v) is 17.3. The Labute approximate surface area is 180 Å². The van der Waals surface area contributed by atoms with E-state index in [-0.39, 0.29) is 12.5 Å². The molecule has 6 nitrogen and oxygen atoms in total. The average Bonchev–Trinajstić information content (AvgIpc) is 2.80. The molecule has 1 N–H and O–H groups in total. The first kappa shape index (κ1) is 20.5. The SMILES string of the molecule is COc1ccc(C2C(C(=O)O)c3ccccc3C(=O)N2Cc2ccccc2OC)cc1. The molecule has 6 heteroatoms. The van der Waals surface area contributed by atoms with Gasteiger partial charge in [-0.15, -0.1) is 0 Å². The molecule has 1 heterocycles. The summed E-state index contributed by atoms with van der Waals surface area (Å²) in [7, 11) is 3.15. The molecule has 31 heavy (non-hydrogen) atoms. The summed E-state index contributed by atoms with van der Waals surface area (Å²) in [6, 6.07) is 20.9. The van der Waals surface area contributed by atoms with Crippen molar-refractivity contribution in [2.45, 2.75) is 18.5 Å². The van der Waals surface area contributed by atoms with Crippen molar-refractivity contribution in [3.8, 4) is 11.5 Å². The summed E-state index contributed by atoms with van der Waals surface area (Å²) >= 11 is 0. The van der Waals surface area contributed by atoms with Crippen molar-refractivity contribution in [3.05, 3.63) is 95.1 Å². The zero-order valence-electron chi connectivity index (χ0n) is 17.3. The number of hydrogen-bond donors (Lipinski definition) is 1. The van der Waals surface area contributed by atoms with Gasteiger partial charge in [-0.25, -0.2) is 0 Å². The fraction of sp³-hybridized carbons (Fsp3) is 0.200. The third kappa shape index (κ3) is 3.72. The van der Waals surface area contributed by atoms with Crippen LogP contribution in [0.1, 0.15) is 39.0 Å². The van der Waals surface area contributed by atoms with Crippen LogP contribution in [0.2, 0.25) is 0 Å². The Balaban J connectivity index is 1.88. The Hall–Kier alpha value is -3.80. The lowest BCUT2D eigenvalue weighted by Crippen LogP contribution is -2.44. The van der Waals surface area contributed by atoms with E-state index in [0.717, 1.165) is 11.1 Å². The fourth-order valence-corrected chi connectivity index (χ4v) is 4.22. The normalized spacial score (nSPS) is 17.7. The summed E-state index contributed by atoms with van der Waals surface area (Å²) in [6.45, 7) is 0.220. The number of hydrogen-bond acceptors (Lipinski definition) is 4. The number of fused-ring (bicyclic) bond motifs is 1. The van der Waals surface area contributed by atoms with E-state index in [1.165, 1.54) is 0 Å². The maximum atomic E-state index is 13.6. The van der Waals surface area contributed by atoms with Gasteiger partial charge in [-0.2, -0.15) is 0 Å². The molecule has 0 saturated heterocycles. The van der Waals surface area contributed by atoms with Gasteiger partial charge in [0, 0.05) is 11.1 Å². The molecule has 0 aromatic heterocycles. The van der Waals surface area contributed by atoms with Crippen LogP contribution >= 0.6 is 0 Å². The highest BCUT2D eigenvalue weighted by atomic mass is 16.5. The van der Waals surface area contributed by atoms with Crippen LogP contribution in [0.3, 0.4) is 0 Å². The number of aliphatic carboxylic acids is 1. The highest BCUT2D eigenvalue weighted by Gasteiger charge is 2.44. The fourth-order valence-electron chi connectivity index (χ4n) is 4.22. The van der Waals surface area contributed by atoms with Crippen LogP contribution in [0.15, 0.2) is 72.8 Å². The molecule has 0 spiro atoms. The summed E-state index contributed by atoms with van der Waals surface area (Å²) in [5.41, 5.74) is 2.47. The van der Waals surface area contributed by atoms with Gasteiger partial charge in [0.2, 0.25) is 0 Å². The molecular weight excluding hydrogens is 394 g/mol. The Bertz CT molecular complexity index is 1110. The second kappa shape index (κ2) is 8.52. The number of carboxylic acid groups (broad SMARTS) is 1. The zero-order chi connectivity index (χ0) is 22.0. The third-order valence-electron chi connectivity index (χ3n) is 5.70. The largest absolute Gasteiger partial charge is 0.497 e. The Morgan fingerprint density at radius 2 is 1.61 bits per heavy atom. The number of para-hydroxylation sites is 1. The highest BCUT2D eigenvalue weighted by Crippen LogP contribution is 2.44. The minimum Gasteiger partial charge on any atom is -0.497 e. The predicted molar refractivity (Wildman–Crippen MR) is 115 cm³/mol. The molecule has 0 fully saturated rings. The second-order valence-corrected chi connectivity index (χ2v) is 7.37. The lowest BCUT2D eigenvalue weighted by molar-refractivity contribution is -0.140. The first-order chi connectivity index (χ1) is 15.0. The molecule has 1 amide bonds. The maximum absolute atomic E-state index is 13.6. The van der Waals surface area contributed by atoms with Crippen molar-refractivity contribution in [2.24, 2.45) is 0 Å². The van der Waals surface area contributed by atoms with Gasteiger partial charge in [0.05, 0.1) is 26.8 Å². The molecule has 1 aliphatic heterocycles. The monoisotopic (exact) mass is 417 g/mol. The molecule has 0 aliphatic carbocycles. The molecule has 2 unspecified atom stereocenters. The molecule has 158 valence electrons. The molecule has 0 radical (unpaired) electrons. The Kier molecular flexibility index (Phi) is 5.62. The number of carbonyl (C=O) groups excluding carboxylic acids is 1. The quantitative estimate of drug-likeness (QED) is 0.648. The molecule has 0 saturated carbocycles. The van der Waals surface area contributed by atoms with Crippen molar-refractivity contribution in [1.29, 1.82) is 0 Å². The van der Waals surface area contributed by atoms with Crippen molar-refractivity contribution in [2.75, 3.05) is 14.2 Å². The first-order valence-corrected chi connectivity index (χ1v) is 9.93. The van der Waals surface area contributed by atoms with Gasteiger partial charge in [0.1, 0.15) is 17.4 Å². The van der Waals surface area contributed by atoms with E-state index >= 15 is 0 Å². The van der Waals surface area contributed by atoms with Gasteiger partial charge in [0.25, 0.3) is 5.91 Å². The first-order valence-electron chi connectivity index (χ1n) is 9.93. The second-order valence-electron chi connectivity index (χ2n) is 7.37. The van der Waals surface area contributed by atoms with Crippen LogP contribution in [0, 0.1) is 0 Å². The van der Waals surface area contributed by atoms with Gasteiger partial charge >= 0.3 is 5.97 Å². The summed E-state index contributed by atoms with van der Waals surface area (Å²) < 4.78 is 10.7. The van der Waals surface area contributed by atoms with Crippen LogP contribution < -0.4 is 9.47 Å². The van der Waals surface area contributed by atoms with Crippen LogP contribution in [-0.2, 0) is 11.3 Å². The van der Waals surface area contributed by atoms with Crippen LogP contribution in [-0.4, -0.2) is 36.1 Å². The highest BCUT2D eigenvalue weighted by molar-refractivity contribution is 6.00. The smallest absolute Gasteiger partial charge is 0.313 e. The van der Waals surface area contributed by atoms with Crippen LogP contribution in [0.5, 0.6) is 11.5 Å². The minimum atomic E-state index is -0.981. The number of methoxy groups -OCH3 is 2. The Morgan fingerprint density at radius 3 is 2.29 bits per heavy atom. The number of benzene rings is 3. The van der Waals surface area contributed by atoms with Crippen molar-refractivity contribution in [1.82, 2.24) is 4.90 Å². The van der Waals surface area contributed by atoms with E-state index in [0.29, 0.717) is 22.6 Å². The minimum absolute atomic E-state index is 0.208. The molecule has 3 aromatic rings. The summed E-state index contributed by atoms with van der Waals surface area (Å²) in [4.78, 5) is 27.7. The number of amides is 1. The number of carbonyl (C=O) groups is 2. The van der Waals surface area contributed by atoms with E-state index in [9.17, 15) is 14.7 Å². The molecule has 3 aromatic carbocycles. The third-order valence-corrected chi connectivity index (χ3v) is 5.70. The predicted octanol–water partition coefficient (Wildman–Crippen LogP) is 4.27. The number of rotatable bonds is 6. The number of carboxylic acids is 1. The van der Waals surface area contributed by atoms with Crippen molar-refractivity contribution < 1.29 is 24.2 Å². The van der Waals surface area contributed by atoms with Crippen LogP contribution in [0.4, 0.5) is 0 Å². The topological polar surface area (TPSA) is 76.1 Å². The van der Waals surface area contributed by atoms with Crippen molar-refractivity contribution >= 4 is 11.9 Å².